The van der Waals surface area contributed by atoms with Gasteiger partial charge >= 0.3 is 0 Å². The molecule has 0 aromatic carbocycles. The fraction of sp³-hybridized carbons (Fsp3) is 0.455. The minimum Gasteiger partial charge on any atom is -0.396 e. The van der Waals surface area contributed by atoms with E-state index in [1.165, 1.54) is 0 Å². The zero-order chi connectivity index (χ0) is 11.5. The highest BCUT2D eigenvalue weighted by molar-refractivity contribution is 6.29. The first-order chi connectivity index (χ1) is 7.69. The average molecular weight is 241 g/mol. The molecule has 0 radical (unpaired) electrons. The number of carbonyl (C=O) groups is 1. The van der Waals surface area contributed by atoms with E-state index in [2.05, 4.69) is 4.98 Å². The van der Waals surface area contributed by atoms with Crippen molar-refractivity contribution in [3.63, 3.8) is 0 Å². The van der Waals surface area contributed by atoms with Gasteiger partial charge in [0.1, 0.15) is 5.15 Å². The molecule has 5 heteroatoms. The van der Waals surface area contributed by atoms with E-state index in [9.17, 15) is 4.79 Å². The zero-order valence-electron chi connectivity index (χ0n) is 8.77. The Morgan fingerprint density at radius 3 is 2.94 bits per heavy atom. The summed E-state index contributed by atoms with van der Waals surface area (Å²) < 4.78 is 0. The molecule has 16 heavy (non-hydrogen) atoms. The first-order valence-corrected chi connectivity index (χ1v) is 5.56. The lowest BCUT2D eigenvalue weighted by molar-refractivity contribution is -0.128. The van der Waals surface area contributed by atoms with Gasteiger partial charge in [-0.15, -0.1) is 0 Å². The Morgan fingerprint density at radius 2 is 2.38 bits per heavy atom. The first kappa shape index (κ1) is 11.4. The second-order valence-electron chi connectivity index (χ2n) is 4.02. The molecule has 1 aliphatic rings. The maximum atomic E-state index is 11.6. The molecule has 1 atom stereocenters. The third-order valence-electron chi connectivity index (χ3n) is 2.71. The van der Waals surface area contributed by atoms with Gasteiger partial charge in [0.15, 0.2) is 0 Å². The van der Waals surface area contributed by atoms with Gasteiger partial charge in [-0.25, -0.2) is 4.98 Å². The van der Waals surface area contributed by atoms with Crippen molar-refractivity contribution in [3.8, 4) is 0 Å². The molecule has 0 bridgehead atoms. The first-order valence-electron chi connectivity index (χ1n) is 5.18. The number of aliphatic hydroxyl groups excluding tert-OH is 1. The predicted octanol–water partition coefficient (Wildman–Crippen LogP) is 1.08. The van der Waals surface area contributed by atoms with E-state index in [1.54, 1.807) is 17.2 Å². The topological polar surface area (TPSA) is 53.4 Å². The molecular formula is C11H13ClN2O2. The standard InChI is InChI=1S/C11H13ClN2O2/c12-10-2-1-8(4-13-10)5-14-6-9(7-15)3-11(14)16/h1-2,4,9,15H,3,5-7H2. The molecule has 86 valence electrons. The molecule has 0 aliphatic carbocycles. The van der Waals surface area contributed by atoms with Gasteiger partial charge in [-0.1, -0.05) is 17.7 Å². The van der Waals surface area contributed by atoms with Crippen LogP contribution in [0.4, 0.5) is 0 Å². The molecule has 0 spiro atoms. The van der Waals surface area contributed by atoms with Crippen molar-refractivity contribution in [3.05, 3.63) is 29.0 Å². The number of hydrogen-bond donors (Lipinski definition) is 1. The van der Waals surface area contributed by atoms with Crippen LogP contribution in [0.25, 0.3) is 0 Å². The van der Waals surface area contributed by atoms with Crippen molar-refractivity contribution in [1.29, 1.82) is 0 Å². The molecule has 4 nitrogen and oxygen atoms in total. The Morgan fingerprint density at radius 1 is 1.56 bits per heavy atom. The molecule has 1 fully saturated rings. The third kappa shape index (κ3) is 2.51. The number of amides is 1. The Hall–Kier alpha value is -1.13. The molecule has 1 unspecified atom stereocenters. The lowest BCUT2D eigenvalue weighted by Gasteiger charge is -2.15. The number of carbonyl (C=O) groups excluding carboxylic acids is 1. The summed E-state index contributed by atoms with van der Waals surface area (Å²) in [5.41, 5.74) is 0.955. The van der Waals surface area contributed by atoms with Crippen molar-refractivity contribution in [2.24, 2.45) is 5.92 Å². The minimum absolute atomic E-state index is 0.0705. The highest BCUT2D eigenvalue weighted by Gasteiger charge is 2.28. The van der Waals surface area contributed by atoms with Gasteiger partial charge in [0.2, 0.25) is 5.91 Å². The number of pyridine rings is 1. The Kier molecular flexibility index (Phi) is 3.41. The van der Waals surface area contributed by atoms with Crippen molar-refractivity contribution in [2.75, 3.05) is 13.2 Å². The number of hydrogen-bond acceptors (Lipinski definition) is 3. The molecule has 1 aromatic heterocycles. The molecule has 1 N–H and O–H groups in total. The number of aromatic nitrogens is 1. The van der Waals surface area contributed by atoms with Crippen molar-refractivity contribution >= 4 is 17.5 Å². The van der Waals surface area contributed by atoms with Crippen LogP contribution in [0.15, 0.2) is 18.3 Å². The normalized spacial score (nSPS) is 20.5. The van der Waals surface area contributed by atoms with Gasteiger partial charge in [-0.05, 0) is 11.6 Å². The van der Waals surface area contributed by atoms with E-state index in [0.717, 1.165) is 5.56 Å². The second-order valence-corrected chi connectivity index (χ2v) is 4.40. The van der Waals surface area contributed by atoms with E-state index in [1.807, 2.05) is 6.07 Å². The van der Waals surface area contributed by atoms with Gasteiger partial charge in [0.05, 0.1) is 0 Å². The maximum absolute atomic E-state index is 11.6. The van der Waals surface area contributed by atoms with Crippen LogP contribution in [0.5, 0.6) is 0 Å². The molecular weight excluding hydrogens is 228 g/mol. The summed E-state index contributed by atoms with van der Waals surface area (Å²) in [5.74, 6) is 0.168. The minimum atomic E-state index is 0.0705. The fourth-order valence-electron chi connectivity index (χ4n) is 1.85. The number of halogens is 1. The van der Waals surface area contributed by atoms with Crippen LogP contribution < -0.4 is 0 Å². The second kappa shape index (κ2) is 4.80. The van der Waals surface area contributed by atoms with Gasteiger partial charge in [0.25, 0.3) is 0 Å². The van der Waals surface area contributed by atoms with Gasteiger partial charge < -0.3 is 10.0 Å². The summed E-state index contributed by atoms with van der Waals surface area (Å²) >= 11 is 5.68. The van der Waals surface area contributed by atoms with Gasteiger partial charge in [-0.2, -0.15) is 0 Å². The molecule has 0 saturated carbocycles. The lowest BCUT2D eigenvalue weighted by atomic mass is 10.1. The highest BCUT2D eigenvalue weighted by Crippen LogP contribution is 2.19. The third-order valence-corrected chi connectivity index (χ3v) is 2.94. The van der Waals surface area contributed by atoms with Gasteiger partial charge in [-0.3, -0.25) is 4.79 Å². The van der Waals surface area contributed by atoms with Crippen LogP contribution in [0, 0.1) is 5.92 Å². The highest BCUT2D eigenvalue weighted by atomic mass is 35.5. The SMILES string of the molecule is O=C1CC(CO)CN1Cc1ccc(Cl)nc1. The molecule has 1 amide bonds. The predicted molar refractivity (Wildman–Crippen MR) is 59.9 cm³/mol. The van der Waals surface area contributed by atoms with E-state index in [4.69, 9.17) is 16.7 Å². The zero-order valence-corrected chi connectivity index (χ0v) is 9.52. The number of likely N-dealkylation sites (tertiary alicyclic amines) is 1. The largest absolute Gasteiger partial charge is 0.396 e. The van der Waals surface area contributed by atoms with Crippen molar-refractivity contribution in [2.45, 2.75) is 13.0 Å². The van der Waals surface area contributed by atoms with Crippen LogP contribution in [0.1, 0.15) is 12.0 Å². The lowest BCUT2D eigenvalue weighted by Crippen LogP contribution is -2.24. The summed E-state index contributed by atoms with van der Waals surface area (Å²) in [6.45, 7) is 1.23. The van der Waals surface area contributed by atoms with Crippen molar-refractivity contribution < 1.29 is 9.90 Å². The Labute approximate surface area is 98.9 Å². The van der Waals surface area contributed by atoms with E-state index in [-0.39, 0.29) is 18.4 Å². The van der Waals surface area contributed by atoms with Crippen LogP contribution in [-0.2, 0) is 11.3 Å². The summed E-state index contributed by atoms with van der Waals surface area (Å²) in [4.78, 5) is 17.3. The van der Waals surface area contributed by atoms with Crippen LogP contribution in [0.2, 0.25) is 5.15 Å². The van der Waals surface area contributed by atoms with Crippen LogP contribution in [-0.4, -0.2) is 34.0 Å². The van der Waals surface area contributed by atoms with Crippen molar-refractivity contribution in [1.82, 2.24) is 9.88 Å². The number of nitrogens with zero attached hydrogens (tertiary/aromatic N) is 2. The Balaban J connectivity index is 2.00. The summed E-state index contributed by atoms with van der Waals surface area (Å²) in [7, 11) is 0. The monoisotopic (exact) mass is 240 g/mol. The van der Waals surface area contributed by atoms with Crippen LogP contribution in [0.3, 0.4) is 0 Å². The summed E-state index contributed by atoms with van der Waals surface area (Å²) in [6, 6.07) is 3.57. The fourth-order valence-corrected chi connectivity index (χ4v) is 1.96. The average Bonchev–Trinajstić information content (AvgIpc) is 2.63. The Bertz CT molecular complexity index is 380. The number of rotatable bonds is 3. The summed E-state index contributed by atoms with van der Waals surface area (Å²) in [5, 5.41) is 9.44. The quantitative estimate of drug-likeness (QED) is 0.805. The summed E-state index contributed by atoms with van der Waals surface area (Å²) in [6.07, 6.45) is 2.11. The van der Waals surface area contributed by atoms with E-state index >= 15 is 0 Å². The molecule has 2 heterocycles. The van der Waals surface area contributed by atoms with E-state index in [0.29, 0.717) is 24.7 Å². The smallest absolute Gasteiger partial charge is 0.223 e. The molecule has 1 aliphatic heterocycles. The van der Waals surface area contributed by atoms with E-state index < -0.39 is 0 Å². The molecule has 2 rings (SSSR count). The molecule has 1 saturated heterocycles. The maximum Gasteiger partial charge on any atom is 0.223 e. The van der Waals surface area contributed by atoms with Gasteiger partial charge in [0, 0.05) is 38.2 Å². The van der Waals surface area contributed by atoms with Crippen LogP contribution >= 0.6 is 11.6 Å². The molecule has 1 aromatic rings. The number of aliphatic hydroxyl groups is 1.